The third kappa shape index (κ3) is 3.24. The Bertz CT molecular complexity index is 657. The Labute approximate surface area is 141 Å². The maximum absolute atomic E-state index is 12.8. The van der Waals surface area contributed by atoms with Crippen molar-refractivity contribution >= 4 is 17.6 Å². The topological polar surface area (TPSA) is 73.9 Å². The summed E-state index contributed by atoms with van der Waals surface area (Å²) < 4.78 is 16.5. The molecule has 2 atom stereocenters. The molecule has 0 aromatic heterocycles. The monoisotopic (exact) mass is 333 g/mol. The zero-order valence-electron chi connectivity index (χ0n) is 14.3. The zero-order valence-corrected chi connectivity index (χ0v) is 14.3. The van der Waals surface area contributed by atoms with Crippen molar-refractivity contribution in [1.29, 1.82) is 0 Å². The van der Waals surface area contributed by atoms with Gasteiger partial charge >= 0.3 is 5.97 Å². The number of esters is 1. The van der Waals surface area contributed by atoms with Crippen LogP contribution in [-0.4, -0.2) is 36.8 Å². The summed E-state index contributed by atoms with van der Waals surface area (Å²) in [6, 6.07) is 7.15. The number of anilines is 1. The van der Waals surface area contributed by atoms with Crippen LogP contribution >= 0.6 is 0 Å². The molecule has 6 nitrogen and oxygen atoms in total. The molecule has 2 aliphatic heterocycles. The maximum atomic E-state index is 12.8. The van der Waals surface area contributed by atoms with Gasteiger partial charge in [-0.3, -0.25) is 9.59 Å². The summed E-state index contributed by atoms with van der Waals surface area (Å²) in [6.07, 6.45) is 1.16. The summed E-state index contributed by atoms with van der Waals surface area (Å²) in [5.41, 5.74) is -0.556. The average molecular weight is 333 g/mol. The third-order valence-corrected chi connectivity index (χ3v) is 4.72. The molecule has 3 rings (SSSR count). The summed E-state index contributed by atoms with van der Waals surface area (Å²) in [6.45, 7) is 4.39. The number of carbonyl (C=O) groups is 2. The molecule has 1 aromatic rings. The molecule has 0 bridgehead atoms. The average Bonchev–Trinajstić information content (AvgIpc) is 2.81. The molecule has 1 N–H and O–H groups in total. The van der Waals surface area contributed by atoms with Crippen LogP contribution in [0.5, 0.6) is 5.75 Å². The number of methoxy groups -OCH3 is 1. The van der Waals surface area contributed by atoms with E-state index < -0.39 is 17.1 Å². The quantitative estimate of drug-likeness (QED) is 0.861. The minimum absolute atomic E-state index is 0.103. The van der Waals surface area contributed by atoms with Crippen LogP contribution in [0.4, 0.5) is 5.69 Å². The largest absolute Gasteiger partial charge is 0.497 e. The van der Waals surface area contributed by atoms with E-state index in [4.69, 9.17) is 14.2 Å². The number of ether oxygens (including phenoxy) is 3. The van der Waals surface area contributed by atoms with E-state index in [2.05, 4.69) is 5.32 Å². The summed E-state index contributed by atoms with van der Waals surface area (Å²) in [4.78, 5) is 24.8. The Morgan fingerprint density at radius 1 is 1.38 bits per heavy atom. The first-order valence-corrected chi connectivity index (χ1v) is 8.14. The van der Waals surface area contributed by atoms with Crippen LogP contribution in [0.2, 0.25) is 0 Å². The lowest BCUT2D eigenvalue weighted by molar-refractivity contribution is -0.178. The molecule has 0 aliphatic carbocycles. The van der Waals surface area contributed by atoms with Crippen molar-refractivity contribution in [2.45, 2.75) is 44.3 Å². The molecule has 2 saturated heterocycles. The molecule has 0 saturated carbocycles. The number of amides is 1. The van der Waals surface area contributed by atoms with Crippen molar-refractivity contribution in [1.82, 2.24) is 0 Å². The molecule has 6 heteroatoms. The van der Waals surface area contributed by atoms with E-state index in [0.717, 1.165) is 0 Å². The highest BCUT2D eigenvalue weighted by Gasteiger charge is 2.56. The lowest BCUT2D eigenvalue weighted by Crippen LogP contribution is -2.52. The van der Waals surface area contributed by atoms with E-state index in [1.807, 2.05) is 13.8 Å². The fourth-order valence-electron chi connectivity index (χ4n) is 3.70. The van der Waals surface area contributed by atoms with Crippen LogP contribution in [0.1, 0.15) is 33.1 Å². The highest BCUT2D eigenvalue weighted by Crippen LogP contribution is 2.46. The van der Waals surface area contributed by atoms with Gasteiger partial charge in [0.05, 0.1) is 31.7 Å². The van der Waals surface area contributed by atoms with E-state index >= 15 is 0 Å². The Balaban J connectivity index is 1.80. The lowest BCUT2D eigenvalue weighted by atomic mass is 9.75. The van der Waals surface area contributed by atoms with Crippen molar-refractivity contribution in [3.8, 4) is 5.75 Å². The van der Waals surface area contributed by atoms with Gasteiger partial charge in [-0.25, -0.2) is 0 Å². The number of carbonyl (C=O) groups excluding carboxylic acids is 2. The minimum atomic E-state index is -0.776. The summed E-state index contributed by atoms with van der Waals surface area (Å²) in [5, 5.41) is 2.89. The van der Waals surface area contributed by atoms with Crippen molar-refractivity contribution in [2.24, 2.45) is 5.92 Å². The molecule has 2 heterocycles. The highest BCUT2D eigenvalue weighted by atomic mass is 16.6. The second-order valence-electron chi connectivity index (χ2n) is 7.05. The number of nitrogens with one attached hydrogen (secondary N) is 1. The molecular formula is C18H23NO5. The Kier molecular flexibility index (Phi) is 4.25. The van der Waals surface area contributed by atoms with Crippen molar-refractivity contribution in [3.05, 3.63) is 24.3 Å². The number of benzene rings is 1. The van der Waals surface area contributed by atoms with Crippen LogP contribution in [0.15, 0.2) is 24.3 Å². The second kappa shape index (κ2) is 6.09. The van der Waals surface area contributed by atoms with Crippen LogP contribution < -0.4 is 10.1 Å². The normalized spacial score (nSPS) is 28.5. The third-order valence-electron chi connectivity index (χ3n) is 4.72. The highest BCUT2D eigenvalue weighted by molar-refractivity contribution is 5.97. The standard InChI is InChI=1S/C18H23NO5/c1-17(2)11-18(7-8-23-17)14(10-15(20)24-18)16(21)19-12-5-4-6-13(9-12)22-3/h4-6,9,14H,7-8,10-11H2,1-3H3,(H,19,21)/t14-,18-/m1/s1. The number of hydrogen-bond donors (Lipinski definition) is 1. The van der Waals surface area contributed by atoms with Crippen LogP contribution in [-0.2, 0) is 19.1 Å². The molecule has 1 spiro atoms. The Hall–Kier alpha value is -2.08. The number of hydrogen-bond acceptors (Lipinski definition) is 5. The van der Waals surface area contributed by atoms with Gasteiger partial charge < -0.3 is 19.5 Å². The van der Waals surface area contributed by atoms with Crippen molar-refractivity contribution in [2.75, 3.05) is 19.0 Å². The van der Waals surface area contributed by atoms with Gasteiger partial charge in [0.1, 0.15) is 11.4 Å². The molecule has 130 valence electrons. The molecule has 0 unspecified atom stereocenters. The van der Waals surface area contributed by atoms with E-state index in [1.165, 1.54) is 0 Å². The first-order chi connectivity index (χ1) is 11.3. The van der Waals surface area contributed by atoms with Crippen LogP contribution in [0.25, 0.3) is 0 Å². The predicted molar refractivity (Wildman–Crippen MR) is 87.8 cm³/mol. The molecule has 1 amide bonds. The second-order valence-corrected chi connectivity index (χ2v) is 7.05. The molecule has 0 radical (unpaired) electrons. The van der Waals surface area contributed by atoms with E-state index in [-0.39, 0.29) is 18.3 Å². The zero-order chi connectivity index (χ0) is 17.4. The van der Waals surface area contributed by atoms with Crippen LogP contribution in [0, 0.1) is 5.92 Å². The fraction of sp³-hybridized carbons (Fsp3) is 0.556. The fourth-order valence-corrected chi connectivity index (χ4v) is 3.70. The van der Waals surface area contributed by atoms with E-state index in [0.29, 0.717) is 30.9 Å². The van der Waals surface area contributed by atoms with Gasteiger partial charge in [0, 0.05) is 24.6 Å². The Morgan fingerprint density at radius 2 is 2.17 bits per heavy atom. The summed E-state index contributed by atoms with van der Waals surface area (Å²) in [7, 11) is 1.57. The van der Waals surface area contributed by atoms with E-state index in [1.54, 1.807) is 31.4 Å². The molecule has 1 aromatic carbocycles. The molecular weight excluding hydrogens is 310 g/mol. The predicted octanol–water partition coefficient (Wildman–Crippen LogP) is 2.52. The first kappa shape index (κ1) is 16.8. The summed E-state index contributed by atoms with van der Waals surface area (Å²) in [5.74, 6) is -0.377. The molecule has 2 aliphatic rings. The van der Waals surface area contributed by atoms with Gasteiger partial charge in [-0.05, 0) is 26.0 Å². The first-order valence-electron chi connectivity index (χ1n) is 8.14. The number of rotatable bonds is 3. The van der Waals surface area contributed by atoms with Gasteiger partial charge in [0.2, 0.25) is 5.91 Å². The van der Waals surface area contributed by atoms with Gasteiger partial charge in [-0.15, -0.1) is 0 Å². The van der Waals surface area contributed by atoms with E-state index in [9.17, 15) is 9.59 Å². The summed E-state index contributed by atoms with van der Waals surface area (Å²) >= 11 is 0. The van der Waals surface area contributed by atoms with Crippen LogP contribution in [0.3, 0.4) is 0 Å². The SMILES string of the molecule is COc1cccc(NC(=O)[C@H]2CC(=O)O[C@@]23CCOC(C)(C)C3)c1. The Morgan fingerprint density at radius 3 is 2.88 bits per heavy atom. The molecule has 2 fully saturated rings. The maximum Gasteiger partial charge on any atom is 0.307 e. The van der Waals surface area contributed by atoms with Crippen molar-refractivity contribution < 1.29 is 23.8 Å². The molecule has 24 heavy (non-hydrogen) atoms. The minimum Gasteiger partial charge on any atom is -0.497 e. The van der Waals surface area contributed by atoms with Gasteiger partial charge in [0.25, 0.3) is 0 Å². The smallest absolute Gasteiger partial charge is 0.307 e. The lowest BCUT2D eigenvalue weighted by Gasteiger charge is -2.43. The van der Waals surface area contributed by atoms with Gasteiger partial charge in [0.15, 0.2) is 0 Å². The van der Waals surface area contributed by atoms with Gasteiger partial charge in [-0.1, -0.05) is 6.07 Å². The van der Waals surface area contributed by atoms with Gasteiger partial charge in [-0.2, -0.15) is 0 Å². The van der Waals surface area contributed by atoms with Crippen molar-refractivity contribution in [3.63, 3.8) is 0 Å².